The number of carbonyl (C=O) groups excluding carboxylic acids is 1. The Kier molecular flexibility index (Phi) is 5.61. The lowest BCUT2D eigenvalue weighted by Gasteiger charge is -2.54. The van der Waals surface area contributed by atoms with Gasteiger partial charge in [-0.15, -0.1) is 0 Å². The van der Waals surface area contributed by atoms with Gasteiger partial charge in [0.2, 0.25) is 0 Å². The van der Waals surface area contributed by atoms with Crippen LogP contribution in [0.5, 0.6) is 0 Å². The van der Waals surface area contributed by atoms with Gasteiger partial charge in [-0.25, -0.2) is 0 Å². The van der Waals surface area contributed by atoms with Crippen molar-refractivity contribution in [2.45, 2.75) is 98.3 Å². The molecule has 3 fully saturated rings. The molecule has 0 aromatic heterocycles. The van der Waals surface area contributed by atoms with Crippen molar-refractivity contribution < 1.29 is 4.79 Å². The predicted octanol–water partition coefficient (Wildman–Crippen LogP) is 7.21. The van der Waals surface area contributed by atoms with Gasteiger partial charge in [0.05, 0.1) is 0 Å². The predicted molar refractivity (Wildman–Crippen MR) is 113 cm³/mol. The Bertz CT molecular complexity index is 587. The minimum atomic E-state index is 0.400. The number of rotatable bonds is 5. The van der Waals surface area contributed by atoms with Gasteiger partial charge in [0.15, 0.2) is 5.78 Å². The van der Waals surface area contributed by atoms with Gasteiger partial charge in [-0.05, 0) is 97.9 Å². The van der Waals surface area contributed by atoms with E-state index >= 15 is 0 Å². The summed E-state index contributed by atoms with van der Waals surface area (Å²) in [6.07, 6.45) is 16.7. The molecule has 1 nitrogen and oxygen atoms in total. The molecule has 0 amide bonds. The van der Waals surface area contributed by atoms with Crippen LogP contribution in [-0.4, -0.2) is 5.78 Å². The molecule has 1 heteroatoms. The van der Waals surface area contributed by atoms with E-state index in [-0.39, 0.29) is 0 Å². The van der Waals surface area contributed by atoms with E-state index in [9.17, 15) is 4.79 Å². The summed E-state index contributed by atoms with van der Waals surface area (Å²) in [5.74, 6) is 6.68. The summed E-state index contributed by atoms with van der Waals surface area (Å²) in [6.45, 7) is 9.98. The minimum absolute atomic E-state index is 0.400. The van der Waals surface area contributed by atoms with Crippen molar-refractivity contribution in [1.82, 2.24) is 0 Å². The summed E-state index contributed by atoms with van der Waals surface area (Å²) in [5.41, 5.74) is 2.14. The largest absolute Gasteiger partial charge is 0.295 e. The molecule has 27 heavy (non-hydrogen) atoms. The topological polar surface area (TPSA) is 17.1 Å². The average Bonchev–Trinajstić information content (AvgIpc) is 2.98. The number of carbonyl (C=O) groups is 1. The maximum Gasteiger partial charge on any atom is 0.155 e. The van der Waals surface area contributed by atoms with E-state index in [1.807, 2.05) is 6.08 Å². The molecule has 0 saturated heterocycles. The van der Waals surface area contributed by atoms with Crippen LogP contribution in [0.15, 0.2) is 11.6 Å². The fourth-order valence-corrected chi connectivity index (χ4v) is 8.21. The fraction of sp³-hybridized carbons (Fsp3) is 0.885. The Balaban J connectivity index is 1.45. The smallest absolute Gasteiger partial charge is 0.155 e. The number of allylic oxidation sites excluding steroid dienone is 1. The second kappa shape index (κ2) is 7.68. The highest BCUT2D eigenvalue weighted by Gasteiger charge is 2.56. The van der Waals surface area contributed by atoms with Crippen molar-refractivity contribution in [1.29, 1.82) is 0 Å². The highest BCUT2D eigenvalue weighted by molar-refractivity contribution is 5.91. The van der Waals surface area contributed by atoms with E-state index in [4.69, 9.17) is 0 Å². The minimum Gasteiger partial charge on any atom is -0.295 e. The Morgan fingerprint density at radius 3 is 2.59 bits per heavy atom. The number of hydrogen-bond acceptors (Lipinski definition) is 1. The average molecular weight is 371 g/mol. The van der Waals surface area contributed by atoms with Crippen LogP contribution in [0.3, 0.4) is 0 Å². The van der Waals surface area contributed by atoms with Crippen LogP contribution >= 0.6 is 0 Å². The lowest BCUT2D eigenvalue weighted by atomic mass is 9.50. The third-order valence-electron chi connectivity index (χ3n) is 9.50. The van der Waals surface area contributed by atoms with Gasteiger partial charge in [-0.2, -0.15) is 0 Å². The van der Waals surface area contributed by atoms with Gasteiger partial charge < -0.3 is 0 Å². The van der Waals surface area contributed by atoms with E-state index in [1.165, 1.54) is 63.4 Å². The Hall–Kier alpha value is -0.590. The van der Waals surface area contributed by atoms with Gasteiger partial charge in [0.1, 0.15) is 0 Å². The van der Waals surface area contributed by atoms with Gasteiger partial charge in [-0.3, -0.25) is 4.79 Å². The Labute approximate surface area is 167 Å². The third kappa shape index (κ3) is 3.58. The molecule has 3 saturated carbocycles. The van der Waals surface area contributed by atoms with Crippen LogP contribution in [-0.2, 0) is 4.79 Å². The maximum absolute atomic E-state index is 11.9. The van der Waals surface area contributed by atoms with Crippen molar-refractivity contribution in [3.63, 3.8) is 0 Å². The normalized spacial score (nSPS) is 42.3. The van der Waals surface area contributed by atoms with Gasteiger partial charge in [0.25, 0.3) is 0 Å². The van der Waals surface area contributed by atoms with Crippen LogP contribution in [0.1, 0.15) is 98.3 Å². The van der Waals surface area contributed by atoms with E-state index in [0.717, 1.165) is 54.3 Å². The molecule has 4 rings (SSSR count). The van der Waals surface area contributed by atoms with Crippen molar-refractivity contribution >= 4 is 5.78 Å². The van der Waals surface area contributed by atoms with Crippen molar-refractivity contribution in [3.8, 4) is 0 Å². The zero-order valence-electron chi connectivity index (χ0n) is 18.3. The standard InChI is InChI=1S/C26H42O/c1-17(2)6-5-7-18(3)24-12-13-25-23-10-8-19-16-20(27)9-11-21(19)22(23)14-15-26(24,25)4/h16-18,21-25H,5-15H2,1-4H3. The lowest BCUT2D eigenvalue weighted by molar-refractivity contribution is -0.116. The Morgan fingerprint density at radius 1 is 1.00 bits per heavy atom. The molecule has 152 valence electrons. The maximum atomic E-state index is 11.9. The van der Waals surface area contributed by atoms with E-state index < -0.39 is 0 Å². The van der Waals surface area contributed by atoms with E-state index in [2.05, 4.69) is 27.7 Å². The molecule has 0 radical (unpaired) electrons. The number of hydrogen-bond donors (Lipinski definition) is 0. The summed E-state index contributed by atoms with van der Waals surface area (Å²) in [4.78, 5) is 11.9. The molecule has 4 aliphatic carbocycles. The zero-order valence-corrected chi connectivity index (χ0v) is 18.3. The fourth-order valence-electron chi connectivity index (χ4n) is 8.21. The molecule has 0 aliphatic heterocycles. The summed E-state index contributed by atoms with van der Waals surface area (Å²) >= 11 is 0. The van der Waals surface area contributed by atoms with Crippen LogP contribution in [0.4, 0.5) is 0 Å². The van der Waals surface area contributed by atoms with Gasteiger partial charge in [-0.1, -0.05) is 52.5 Å². The first kappa shape index (κ1) is 19.7. The highest BCUT2D eigenvalue weighted by atomic mass is 16.1. The SMILES string of the molecule is CC(C)CCCC(C)C1CCC2C3CCC4=CC(=O)CCC4C3CCC12C. The molecule has 0 aromatic carbocycles. The highest BCUT2D eigenvalue weighted by Crippen LogP contribution is 2.65. The van der Waals surface area contributed by atoms with Crippen LogP contribution < -0.4 is 0 Å². The van der Waals surface area contributed by atoms with Crippen LogP contribution in [0, 0.1) is 46.8 Å². The molecular weight excluding hydrogens is 328 g/mol. The van der Waals surface area contributed by atoms with E-state index in [0.29, 0.717) is 11.2 Å². The number of ketones is 1. The molecule has 7 atom stereocenters. The number of fused-ring (bicyclic) bond motifs is 5. The molecule has 7 unspecified atom stereocenters. The summed E-state index contributed by atoms with van der Waals surface area (Å²) in [5, 5.41) is 0. The molecule has 0 aromatic rings. The summed E-state index contributed by atoms with van der Waals surface area (Å²) in [6, 6.07) is 0. The molecule has 0 N–H and O–H groups in total. The second-order valence-corrected chi connectivity index (χ2v) is 11.3. The van der Waals surface area contributed by atoms with Crippen molar-refractivity contribution in [3.05, 3.63) is 11.6 Å². The van der Waals surface area contributed by atoms with Crippen LogP contribution in [0.25, 0.3) is 0 Å². The molecule has 0 heterocycles. The first-order valence-corrected chi connectivity index (χ1v) is 12.1. The van der Waals surface area contributed by atoms with Gasteiger partial charge >= 0.3 is 0 Å². The first-order chi connectivity index (χ1) is 12.9. The quantitative estimate of drug-likeness (QED) is 0.500. The lowest BCUT2D eigenvalue weighted by Crippen LogP contribution is -2.47. The molecule has 0 bridgehead atoms. The van der Waals surface area contributed by atoms with Crippen molar-refractivity contribution in [2.24, 2.45) is 46.8 Å². The second-order valence-electron chi connectivity index (χ2n) is 11.3. The van der Waals surface area contributed by atoms with Crippen molar-refractivity contribution in [2.75, 3.05) is 0 Å². The molecule has 4 aliphatic rings. The zero-order chi connectivity index (χ0) is 19.2. The molecular formula is C26H42O. The third-order valence-corrected chi connectivity index (χ3v) is 9.50. The monoisotopic (exact) mass is 370 g/mol. The summed E-state index contributed by atoms with van der Waals surface area (Å²) in [7, 11) is 0. The van der Waals surface area contributed by atoms with Gasteiger partial charge in [0, 0.05) is 6.42 Å². The molecule has 0 spiro atoms. The van der Waals surface area contributed by atoms with E-state index in [1.54, 1.807) is 0 Å². The first-order valence-electron chi connectivity index (χ1n) is 12.1. The Morgan fingerprint density at radius 2 is 1.81 bits per heavy atom. The summed E-state index contributed by atoms with van der Waals surface area (Å²) < 4.78 is 0. The van der Waals surface area contributed by atoms with Crippen LogP contribution in [0.2, 0.25) is 0 Å².